The molecule has 0 bridgehead atoms. The maximum atomic E-state index is 13.5. The van der Waals surface area contributed by atoms with E-state index in [1.54, 1.807) is 26.8 Å². The Bertz CT molecular complexity index is 1130. The lowest BCUT2D eigenvalue weighted by molar-refractivity contribution is -0.140. The molecule has 0 saturated heterocycles. The zero-order valence-corrected chi connectivity index (χ0v) is 18.1. The summed E-state index contributed by atoms with van der Waals surface area (Å²) >= 11 is 1.74. The molecule has 164 valence electrons. The van der Waals surface area contributed by atoms with Crippen LogP contribution in [0.25, 0.3) is 10.6 Å². The molecule has 0 aliphatic rings. The summed E-state index contributed by atoms with van der Waals surface area (Å²) in [7, 11) is 0. The van der Waals surface area contributed by atoms with E-state index in [0.717, 1.165) is 11.3 Å². The van der Waals surface area contributed by atoms with Crippen molar-refractivity contribution in [2.45, 2.75) is 26.9 Å². The second-order valence-corrected chi connectivity index (χ2v) is 9.30. The van der Waals surface area contributed by atoms with Crippen molar-refractivity contribution < 1.29 is 27.9 Å². The van der Waals surface area contributed by atoms with Gasteiger partial charge in [0, 0.05) is 16.5 Å². The molecule has 3 aromatic rings. The molecule has 1 aromatic carbocycles. The molecule has 31 heavy (non-hydrogen) atoms. The maximum absolute atomic E-state index is 13.5. The normalized spacial score (nSPS) is 11.9. The van der Waals surface area contributed by atoms with Crippen LogP contribution in [0.15, 0.2) is 29.6 Å². The van der Waals surface area contributed by atoms with Gasteiger partial charge in [0.15, 0.2) is 16.0 Å². The summed E-state index contributed by atoms with van der Waals surface area (Å²) in [5, 5.41) is 15.9. The molecule has 0 aliphatic heterocycles. The Hall–Kier alpha value is -2.99. The van der Waals surface area contributed by atoms with Crippen LogP contribution in [0, 0.1) is 5.41 Å². The predicted octanol–water partition coefficient (Wildman–Crippen LogP) is 5.71. The quantitative estimate of drug-likeness (QED) is 0.441. The van der Waals surface area contributed by atoms with Crippen molar-refractivity contribution in [1.82, 2.24) is 9.97 Å². The van der Waals surface area contributed by atoms with Crippen LogP contribution >= 0.6 is 22.7 Å². The van der Waals surface area contributed by atoms with Gasteiger partial charge in [-0.2, -0.15) is 13.2 Å². The summed E-state index contributed by atoms with van der Waals surface area (Å²) in [5.74, 6) is -1.56. The Morgan fingerprint density at radius 3 is 2.42 bits per heavy atom. The standard InChI is InChI=1S/C19H17F3N4O3S2/c1-18(2,3)15(29)26-17-25-13(19(20,21)22)12(31-17)11-8-30-16(24-11)23-10-6-4-5-9(7-10)14(27)28/h4-8H,1-3H3,(H,23,24)(H,27,28)(H,25,26,29). The number of carboxylic acids is 1. The number of aromatic carboxylic acids is 1. The first-order valence-corrected chi connectivity index (χ1v) is 10.5. The van der Waals surface area contributed by atoms with E-state index < -0.39 is 29.2 Å². The Morgan fingerprint density at radius 1 is 1.10 bits per heavy atom. The van der Waals surface area contributed by atoms with Gasteiger partial charge < -0.3 is 15.7 Å². The van der Waals surface area contributed by atoms with E-state index in [0.29, 0.717) is 17.0 Å². The Morgan fingerprint density at radius 2 is 1.81 bits per heavy atom. The number of halogens is 3. The highest BCUT2D eigenvalue weighted by Gasteiger charge is 2.39. The highest BCUT2D eigenvalue weighted by molar-refractivity contribution is 7.20. The average molecular weight is 470 g/mol. The molecular formula is C19H17F3N4O3S2. The molecule has 7 nitrogen and oxygen atoms in total. The highest BCUT2D eigenvalue weighted by Crippen LogP contribution is 2.43. The number of alkyl halides is 3. The number of carboxylic acid groups (broad SMARTS) is 1. The number of hydrogen-bond acceptors (Lipinski definition) is 7. The lowest BCUT2D eigenvalue weighted by Crippen LogP contribution is -2.27. The van der Waals surface area contributed by atoms with Crippen molar-refractivity contribution >= 4 is 50.5 Å². The largest absolute Gasteiger partial charge is 0.478 e. The van der Waals surface area contributed by atoms with Gasteiger partial charge in [0.1, 0.15) is 0 Å². The van der Waals surface area contributed by atoms with Gasteiger partial charge in [0.05, 0.1) is 16.1 Å². The predicted molar refractivity (Wildman–Crippen MR) is 113 cm³/mol. The lowest BCUT2D eigenvalue weighted by atomic mass is 9.96. The van der Waals surface area contributed by atoms with Crippen LogP contribution in [-0.4, -0.2) is 27.0 Å². The van der Waals surface area contributed by atoms with E-state index in [4.69, 9.17) is 5.11 Å². The number of rotatable bonds is 5. The Kier molecular flexibility index (Phi) is 6.05. The second kappa shape index (κ2) is 8.27. The van der Waals surface area contributed by atoms with Gasteiger partial charge in [-0.3, -0.25) is 4.79 Å². The molecule has 3 rings (SSSR count). The molecule has 0 atom stereocenters. The number of anilines is 3. The van der Waals surface area contributed by atoms with E-state index >= 15 is 0 Å². The molecule has 3 N–H and O–H groups in total. The molecule has 1 amide bonds. The summed E-state index contributed by atoms with van der Waals surface area (Å²) in [5.41, 5.74) is -1.40. The zero-order valence-electron chi connectivity index (χ0n) is 16.5. The minimum absolute atomic E-state index is 0.0444. The molecule has 0 aliphatic carbocycles. The number of amides is 1. The van der Waals surface area contributed by atoms with Crippen molar-refractivity contribution in [3.8, 4) is 10.6 Å². The smallest absolute Gasteiger partial charge is 0.434 e. The highest BCUT2D eigenvalue weighted by atomic mass is 32.1. The number of benzene rings is 1. The SMILES string of the molecule is CC(C)(C)C(=O)Nc1nc(C(F)(F)F)c(-c2csc(Nc3cccc(C(=O)O)c3)n2)s1. The van der Waals surface area contributed by atoms with E-state index in [1.807, 2.05) is 0 Å². The molecule has 0 radical (unpaired) electrons. The van der Waals surface area contributed by atoms with Gasteiger partial charge in [-0.15, -0.1) is 11.3 Å². The molecule has 0 unspecified atom stereocenters. The second-order valence-electron chi connectivity index (χ2n) is 7.45. The number of nitrogens with zero attached hydrogens (tertiary/aromatic N) is 2. The van der Waals surface area contributed by atoms with Crippen LogP contribution in [0.4, 0.5) is 29.1 Å². The molecule has 0 spiro atoms. The van der Waals surface area contributed by atoms with Crippen molar-refractivity contribution in [3.63, 3.8) is 0 Å². The minimum Gasteiger partial charge on any atom is -0.478 e. The minimum atomic E-state index is -4.73. The van der Waals surface area contributed by atoms with Gasteiger partial charge in [-0.05, 0) is 18.2 Å². The fourth-order valence-electron chi connectivity index (χ4n) is 2.31. The summed E-state index contributed by atoms with van der Waals surface area (Å²) in [6.07, 6.45) is -4.73. The number of carbonyl (C=O) groups is 2. The number of aromatic nitrogens is 2. The van der Waals surface area contributed by atoms with E-state index in [9.17, 15) is 22.8 Å². The van der Waals surface area contributed by atoms with Gasteiger partial charge in [0.2, 0.25) is 5.91 Å². The van der Waals surface area contributed by atoms with Crippen LogP contribution in [0.2, 0.25) is 0 Å². The van der Waals surface area contributed by atoms with E-state index in [1.165, 1.54) is 23.6 Å². The molecule has 2 heterocycles. The van der Waals surface area contributed by atoms with Crippen LogP contribution < -0.4 is 10.6 Å². The van der Waals surface area contributed by atoms with Gasteiger partial charge in [0.25, 0.3) is 0 Å². The Labute approximate surface area is 183 Å². The van der Waals surface area contributed by atoms with Crippen LogP contribution in [0.1, 0.15) is 36.8 Å². The van der Waals surface area contributed by atoms with Crippen LogP contribution in [0.5, 0.6) is 0 Å². The monoisotopic (exact) mass is 470 g/mol. The van der Waals surface area contributed by atoms with Crippen molar-refractivity contribution in [3.05, 3.63) is 40.9 Å². The number of nitrogens with one attached hydrogen (secondary N) is 2. The van der Waals surface area contributed by atoms with Gasteiger partial charge in [-0.25, -0.2) is 14.8 Å². The molecular weight excluding hydrogens is 453 g/mol. The van der Waals surface area contributed by atoms with Crippen molar-refractivity contribution in [2.75, 3.05) is 10.6 Å². The zero-order chi connectivity index (χ0) is 23.0. The first-order chi connectivity index (χ1) is 14.3. The summed E-state index contributed by atoms with van der Waals surface area (Å²) in [6, 6.07) is 5.95. The average Bonchev–Trinajstić information content (AvgIpc) is 3.27. The van der Waals surface area contributed by atoms with Gasteiger partial charge >= 0.3 is 12.1 Å². The number of thiazole rings is 2. The van der Waals surface area contributed by atoms with Crippen LogP contribution in [-0.2, 0) is 11.0 Å². The molecule has 12 heteroatoms. The Balaban J connectivity index is 1.90. The van der Waals surface area contributed by atoms with Crippen LogP contribution in [0.3, 0.4) is 0 Å². The maximum Gasteiger partial charge on any atom is 0.434 e. The fourth-order valence-corrected chi connectivity index (χ4v) is 4.05. The summed E-state index contributed by atoms with van der Waals surface area (Å²) in [4.78, 5) is 30.8. The lowest BCUT2D eigenvalue weighted by Gasteiger charge is -2.15. The summed E-state index contributed by atoms with van der Waals surface area (Å²) < 4.78 is 40.6. The number of carbonyl (C=O) groups excluding carboxylic acids is 1. The number of hydrogen-bond donors (Lipinski definition) is 3. The first-order valence-electron chi connectivity index (χ1n) is 8.80. The molecule has 2 aromatic heterocycles. The van der Waals surface area contributed by atoms with E-state index in [-0.39, 0.29) is 26.4 Å². The van der Waals surface area contributed by atoms with E-state index in [2.05, 4.69) is 20.6 Å². The third kappa shape index (κ3) is 5.39. The van der Waals surface area contributed by atoms with Crippen molar-refractivity contribution in [2.24, 2.45) is 5.41 Å². The topological polar surface area (TPSA) is 104 Å². The summed E-state index contributed by atoms with van der Waals surface area (Å²) in [6.45, 7) is 4.91. The third-order valence-corrected chi connectivity index (χ3v) is 5.65. The van der Waals surface area contributed by atoms with Crippen molar-refractivity contribution in [1.29, 1.82) is 0 Å². The fraction of sp³-hybridized carbons (Fsp3) is 0.263. The third-order valence-electron chi connectivity index (χ3n) is 3.89. The van der Waals surface area contributed by atoms with Gasteiger partial charge in [-0.1, -0.05) is 38.2 Å². The first kappa shape index (κ1) is 22.7. The molecule has 0 saturated carbocycles. The molecule has 0 fully saturated rings.